The van der Waals surface area contributed by atoms with Gasteiger partial charge in [-0.1, -0.05) is 12.6 Å². The van der Waals surface area contributed by atoms with Crippen molar-refractivity contribution in [2.45, 2.75) is 30.8 Å². The highest BCUT2D eigenvalue weighted by Gasteiger charge is 2.56. The summed E-state index contributed by atoms with van der Waals surface area (Å²) < 4.78 is 21.0. The molecule has 0 saturated carbocycles. The van der Waals surface area contributed by atoms with Gasteiger partial charge in [-0.05, 0) is 23.9 Å². The Kier molecular flexibility index (Phi) is 5.52. The van der Waals surface area contributed by atoms with E-state index in [0.717, 1.165) is 9.78 Å². The van der Waals surface area contributed by atoms with Crippen LogP contribution >= 0.6 is 11.3 Å². The number of β-lactam (4-membered cyclic amide) rings is 1. The van der Waals surface area contributed by atoms with Gasteiger partial charge in [0.25, 0.3) is 5.91 Å². The number of rotatable bonds is 7. The molecule has 130 valence electrons. The third kappa shape index (κ3) is 3.55. The molecule has 1 aliphatic heterocycles. The molecule has 1 aromatic rings. The normalized spacial score (nSPS) is 22.4. The van der Waals surface area contributed by atoms with Crippen molar-refractivity contribution >= 4 is 40.2 Å². The first-order valence-corrected chi connectivity index (χ1v) is 8.90. The Morgan fingerprint density at radius 1 is 1.54 bits per heavy atom. The van der Waals surface area contributed by atoms with Crippen LogP contribution in [0.3, 0.4) is 0 Å². The maximum absolute atomic E-state index is 12.2. The van der Waals surface area contributed by atoms with E-state index in [0.29, 0.717) is 0 Å². The number of amides is 2. The van der Waals surface area contributed by atoms with Gasteiger partial charge in [-0.15, -0.1) is 11.3 Å². The van der Waals surface area contributed by atoms with Crippen LogP contribution < -0.4 is 5.32 Å². The summed E-state index contributed by atoms with van der Waals surface area (Å²) in [6, 6.07) is 0.885. The molecule has 0 aliphatic carbocycles. The first-order valence-electron chi connectivity index (χ1n) is 6.85. The third-order valence-electron chi connectivity index (χ3n) is 3.50. The molecule has 0 bridgehead atoms. The van der Waals surface area contributed by atoms with Gasteiger partial charge in [0.1, 0.15) is 6.04 Å². The van der Waals surface area contributed by atoms with Crippen LogP contribution in [0, 0.1) is 0 Å². The van der Waals surface area contributed by atoms with Crippen molar-refractivity contribution in [1.82, 2.24) is 10.2 Å². The monoisotopic (exact) mass is 372 g/mol. The van der Waals surface area contributed by atoms with E-state index >= 15 is 0 Å². The molecule has 0 spiro atoms. The van der Waals surface area contributed by atoms with Crippen LogP contribution in [0.4, 0.5) is 0 Å². The van der Waals surface area contributed by atoms with Crippen LogP contribution in [-0.4, -0.2) is 54.0 Å². The molecular weight excluding hydrogens is 356 g/mol. The van der Waals surface area contributed by atoms with Crippen LogP contribution in [-0.2, 0) is 31.9 Å². The molecule has 2 rings (SSSR count). The second-order valence-electron chi connectivity index (χ2n) is 5.30. The van der Waals surface area contributed by atoms with Gasteiger partial charge < -0.3 is 19.9 Å². The molecular formula is C14H16N2O6S2. The fourth-order valence-corrected chi connectivity index (χ4v) is 4.01. The zero-order valence-corrected chi connectivity index (χ0v) is 14.3. The van der Waals surface area contributed by atoms with Crippen molar-refractivity contribution in [3.63, 3.8) is 0 Å². The lowest BCUT2D eigenvalue weighted by Crippen LogP contribution is -2.75. The molecule has 1 fully saturated rings. The Balaban J connectivity index is 2.13. The Morgan fingerprint density at radius 3 is 2.67 bits per heavy atom. The maximum Gasteiger partial charge on any atom is 0.330 e. The molecule has 1 aliphatic rings. The third-order valence-corrected chi connectivity index (χ3v) is 5.29. The average molecular weight is 372 g/mol. The highest BCUT2D eigenvalue weighted by Crippen LogP contribution is 2.28. The summed E-state index contributed by atoms with van der Waals surface area (Å²) in [5.41, 5.74) is 0.148. The lowest BCUT2D eigenvalue weighted by molar-refractivity contribution is -0.160. The maximum atomic E-state index is 12.2. The number of nitrogens with zero attached hydrogens (tertiary/aromatic N) is 1. The number of carboxylic acids is 1. The average Bonchev–Trinajstić information content (AvgIpc) is 2.96. The highest BCUT2D eigenvalue weighted by atomic mass is 32.2. The van der Waals surface area contributed by atoms with E-state index in [1.807, 2.05) is 0 Å². The minimum absolute atomic E-state index is 0.0368. The second kappa shape index (κ2) is 7.24. The molecule has 4 atom stereocenters. The molecule has 0 aromatic carbocycles. The Bertz CT molecular complexity index is 688. The van der Waals surface area contributed by atoms with Crippen molar-refractivity contribution in [3.05, 3.63) is 34.5 Å². The minimum atomic E-state index is -2.52. The number of hydrogen-bond donors (Lipinski definition) is 3. The number of carboxylic acid groups (broad SMARTS) is 1. The highest BCUT2D eigenvalue weighted by molar-refractivity contribution is 7.80. The fraction of sp³-hybridized carbons (Fsp3) is 0.357. The Morgan fingerprint density at radius 2 is 2.21 bits per heavy atom. The first kappa shape index (κ1) is 18.3. The Labute approximate surface area is 144 Å². The molecule has 10 heteroatoms. The Hall–Kier alpha value is -2.04. The second-order valence-corrected chi connectivity index (χ2v) is 7.37. The van der Waals surface area contributed by atoms with Crippen LogP contribution in [0.2, 0.25) is 0 Å². The summed E-state index contributed by atoms with van der Waals surface area (Å²) in [7, 11) is 0. The van der Waals surface area contributed by atoms with Crippen LogP contribution in [0.5, 0.6) is 0 Å². The lowest BCUT2D eigenvalue weighted by Gasteiger charge is -2.47. The molecule has 0 radical (unpaired) electrons. The van der Waals surface area contributed by atoms with Crippen molar-refractivity contribution in [1.29, 1.82) is 0 Å². The standard InChI is InChI=1S/C14H16N2O6S2/c1-7(2)11(14(19)20)16-12(18)10(13(16)24(21)22)15-9(17)6-8-4-3-5-23-8/h3-5,10-11,13H,1,6H2,2H3,(H,15,17)(H,19,20)(H,21,22). The summed E-state index contributed by atoms with van der Waals surface area (Å²) in [5.74, 6) is -2.56. The van der Waals surface area contributed by atoms with E-state index in [1.54, 1.807) is 17.5 Å². The summed E-state index contributed by atoms with van der Waals surface area (Å²) >= 11 is -1.15. The van der Waals surface area contributed by atoms with Gasteiger partial charge in [-0.3, -0.25) is 9.59 Å². The minimum Gasteiger partial charge on any atom is -0.479 e. The van der Waals surface area contributed by atoms with Crippen molar-refractivity contribution < 1.29 is 28.3 Å². The number of nitrogens with one attached hydrogen (secondary N) is 1. The summed E-state index contributed by atoms with van der Waals surface area (Å²) in [6.45, 7) is 4.91. The number of carbonyl (C=O) groups excluding carboxylic acids is 2. The number of aliphatic carboxylic acids is 1. The zero-order valence-electron chi connectivity index (χ0n) is 12.7. The predicted molar refractivity (Wildman–Crippen MR) is 87.6 cm³/mol. The summed E-state index contributed by atoms with van der Waals surface area (Å²) in [6.07, 6.45) is 0.0368. The van der Waals surface area contributed by atoms with Gasteiger partial charge >= 0.3 is 5.97 Å². The van der Waals surface area contributed by atoms with E-state index < -0.39 is 46.3 Å². The molecule has 1 aromatic heterocycles. The zero-order chi connectivity index (χ0) is 18.0. The number of likely N-dealkylation sites (tertiary alicyclic amines) is 1. The molecule has 2 heterocycles. The van der Waals surface area contributed by atoms with E-state index in [-0.39, 0.29) is 12.0 Å². The molecule has 1 saturated heterocycles. The van der Waals surface area contributed by atoms with Gasteiger partial charge in [-0.2, -0.15) is 0 Å². The lowest BCUT2D eigenvalue weighted by atomic mass is 9.99. The van der Waals surface area contributed by atoms with E-state index in [1.165, 1.54) is 18.3 Å². The van der Waals surface area contributed by atoms with E-state index in [9.17, 15) is 28.3 Å². The van der Waals surface area contributed by atoms with E-state index in [2.05, 4.69) is 11.9 Å². The van der Waals surface area contributed by atoms with Gasteiger partial charge in [0.15, 0.2) is 22.5 Å². The SMILES string of the molecule is C=C(C)C(C(=O)O)N1C(=O)C(NC(=O)Cc2cccs2)C1S(=O)O. The smallest absolute Gasteiger partial charge is 0.330 e. The number of thiophene rings is 1. The van der Waals surface area contributed by atoms with Gasteiger partial charge in [0, 0.05) is 4.88 Å². The molecule has 8 nitrogen and oxygen atoms in total. The van der Waals surface area contributed by atoms with Crippen LogP contribution in [0.1, 0.15) is 11.8 Å². The summed E-state index contributed by atoms with van der Waals surface area (Å²) in [4.78, 5) is 37.1. The molecule has 2 amide bonds. The molecule has 4 unspecified atom stereocenters. The van der Waals surface area contributed by atoms with E-state index in [4.69, 9.17) is 0 Å². The van der Waals surface area contributed by atoms with Crippen molar-refractivity contribution in [2.75, 3.05) is 0 Å². The molecule has 3 N–H and O–H groups in total. The van der Waals surface area contributed by atoms with Gasteiger partial charge in [-0.25, -0.2) is 9.00 Å². The fourth-order valence-electron chi connectivity index (χ4n) is 2.47. The van der Waals surface area contributed by atoms with Crippen molar-refractivity contribution in [2.24, 2.45) is 0 Å². The van der Waals surface area contributed by atoms with Crippen LogP contribution in [0.15, 0.2) is 29.7 Å². The van der Waals surface area contributed by atoms with Gasteiger partial charge in [0.05, 0.1) is 6.42 Å². The number of carbonyl (C=O) groups is 3. The largest absolute Gasteiger partial charge is 0.479 e. The van der Waals surface area contributed by atoms with Gasteiger partial charge in [0.2, 0.25) is 5.91 Å². The predicted octanol–water partition coefficient (Wildman–Crippen LogP) is 0.195. The van der Waals surface area contributed by atoms with Crippen LogP contribution in [0.25, 0.3) is 0 Å². The quantitative estimate of drug-likeness (QED) is 0.357. The summed E-state index contributed by atoms with van der Waals surface area (Å²) in [5, 5.41) is 12.1. The topological polar surface area (TPSA) is 124 Å². The first-order chi connectivity index (χ1) is 11.2. The van der Waals surface area contributed by atoms with Crippen molar-refractivity contribution in [3.8, 4) is 0 Å². The molecule has 24 heavy (non-hydrogen) atoms. The number of hydrogen-bond acceptors (Lipinski definition) is 5.